The molecular formula is C42H26O. The first-order valence-electron chi connectivity index (χ1n) is 21.4. The molecule has 9 rings (SSSR count). The van der Waals surface area contributed by atoms with Crippen LogP contribution in [0.1, 0.15) is 21.9 Å². The van der Waals surface area contributed by atoms with Gasteiger partial charge in [0.15, 0.2) is 0 Å². The summed E-state index contributed by atoms with van der Waals surface area (Å²) in [6.45, 7) is 0. The Morgan fingerprint density at radius 1 is 0.419 bits per heavy atom. The van der Waals surface area contributed by atoms with Crippen molar-refractivity contribution in [1.82, 2.24) is 0 Å². The van der Waals surface area contributed by atoms with E-state index in [0.29, 0.717) is 49.4 Å². The summed E-state index contributed by atoms with van der Waals surface area (Å²) < 4.78 is 144. The maximum atomic E-state index is 9.09. The van der Waals surface area contributed by atoms with Crippen LogP contribution in [0, 0.1) is 0 Å². The van der Waals surface area contributed by atoms with Gasteiger partial charge in [0.2, 0.25) is 0 Å². The minimum absolute atomic E-state index is 0.0178. The van der Waals surface area contributed by atoms with Crippen LogP contribution in [0.2, 0.25) is 0 Å². The Bertz CT molecular complexity index is 3340. The molecule has 1 aromatic heterocycles. The number of hydrogen-bond acceptors (Lipinski definition) is 1. The fourth-order valence-corrected chi connectivity index (χ4v) is 5.95. The Labute approximate surface area is 271 Å². The van der Waals surface area contributed by atoms with Crippen molar-refractivity contribution in [2.75, 3.05) is 0 Å². The summed E-state index contributed by atoms with van der Waals surface area (Å²) in [5.41, 5.74) is 1.65. The molecule has 0 bridgehead atoms. The molecule has 1 nitrogen and oxygen atoms in total. The lowest BCUT2D eigenvalue weighted by molar-refractivity contribution is 0.669. The van der Waals surface area contributed by atoms with Crippen LogP contribution in [-0.2, 0) is 0 Å². The molecule has 9 aromatic rings. The highest BCUT2D eigenvalue weighted by Crippen LogP contribution is 2.45. The highest BCUT2D eigenvalue weighted by molar-refractivity contribution is 6.22. The van der Waals surface area contributed by atoms with E-state index in [1.165, 1.54) is 36.4 Å². The van der Waals surface area contributed by atoms with Gasteiger partial charge in [-0.15, -0.1) is 0 Å². The highest BCUT2D eigenvalue weighted by atomic mass is 16.3. The van der Waals surface area contributed by atoms with Gasteiger partial charge in [0.1, 0.15) is 11.2 Å². The molecule has 0 radical (unpaired) electrons. The highest BCUT2D eigenvalue weighted by Gasteiger charge is 2.18. The molecule has 0 aliphatic heterocycles. The van der Waals surface area contributed by atoms with Gasteiger partial charge in [-0.2, -0.15) is 0 Å². The van der Waals surface area contributed by atoms with E-state index >= 15 is 0 Å². The fraction of sp³-hybridized carbons (Fsp3) is 0. The van der Waals surface area contributed by atoms with Crippen LogP contribution in [0.5, 0.6) is 0 Å². The molecule has 0 N–H and O–H groups in total. The van der Waals surface area contributed by atoms with Crippen molar-refractivity contribution >= 4 is 54.3 Å². The molecule has 0 aliphatic rings. The van der Waals surface area contributed by atoms with Crippen LogP contribution in [-0.4, -0.2) is 0 Å². The van der Waals surface area contributed by atoms with Gasteiger partial charge in [-0.25, -0.2) is 0 Å². The number of fused-ring (bicyclic) bond motifs is 6. The van der Waals surface area contributed by atoms with Crippen LogP contribution in [0.3, 0.4) is 0 Å². The van der Waals surface area contributed by atoms with Crippen molar-refractivity contribution in [2.45, 2.75) is 0 Å². The van der Waals surface area contributed by atoms with Crippen molar-refractivity contribution < 1.29 is 26.3 Å². The minimum Gasteiger partial charge on any atom is -0.456 e. The molecule has 200 valence electrons. The monoisotopic (exact) mass is 562 g/mol. The first-order chi connectivity index (χ1) is 27.9. The van der Waals surface area contributed by atoms with Gasteiger partial charge in [0.25, 0.3) is 0 Å². The zero-order chi connectivity index (χ0) is 42.3. The van der Waals surface area contributed by atoms with Crippen LogP contribution >= 0.6 is 0 Å². The van der Waals surface area contributed by atoms with Crippen LogP contribution in [0.25, 0.3) is 87.6 Å². The number of rotatable bonds is 3. The van der Waals surface area contributed by atoms with E-state index in [-0.39, 0.29) is 86.6 Å². The molecule has 0 atom stereocenters. The summed E-state index contributed by atoms with van der Waals surface area (Å²) in [6.07, 6.45) is 0. The molecule has 1 heterocycles. The van der Waals surface area contributed by atoms with Gasteiger partial charge in [-0.05, 0) is 89.9 Å². The SMILES string of the molecule is [2H]c1cc2c(-c3cccc(-c4c([2H])c([2H])c([2H])c5oc6c([2H])c([2H])c([2H])c([2H])c6c45)c3)c3cc([2H])c([2H])cc3c(-c3cc([2H])c4c([2H])c([2H])c([2H])c([2H])c4c3)c2cc1[2H]. The Balaban J connectivity index is 1.41. The number of hydrogen-bond donors (Lipinski definition) is 0. The van der Waals surface area contributed by atoms with E-state index in [1.807, 2.05) is 0 Å². The lowest BCUT2D eigenvalue weighted by atomic mass is 9.85. The van der Waals surface area contributed by atoms with E-state index < -0.39 is 48.3 Å². The molecule has 1 heteroatoms. The molecule has 0 spiro atoms. The molecule has 0 amide bonds. The van der Waals surface area contributed by atoms with E-state index in [4.69, 9.17) is 26.3 Å². The van der Waals surface area contributed by atoms with Crippen molar-refractivity contribution in [3.05, 3.63) is 157 Å². The lowest BCUT2D eigenvalue weighted by Crippen LogP contribution is -1.91. The first kappa shape index (κ1) is 13.1. The van der Waals surface area contributed by atoms with Crippen LogP contribution < -0.4 is 0 Å². The van der Waals surface area contributed by atoms with Crippen molar-refractivity contribution in [1.29, 1.82) is 0 Å². The Morgan fingerprint density at radius 2 is 1.02 bits per heavy atom. The summed E-state index contributed by atoms with van der Waals surface area (Å²) >= 11 is 0. The maximum absolute atomic E-state index is 9.09. The Hall–Kier alpha value is -5.66. The smallest absolute Gasteiger partial charge is 0.136 e. The van der Waals surface area contributed by atoms with E-state index in [9.17, 15) is 0 Å². The normalized spacial score (nSPS) is 16.9. The lowest BCUT2D eigenvalue weighted by Gasteiger charge is -2.18. The van der Waals surface area contributed by atoms with Gasteiger partial charge >= 0.3 is 0 Å². The molecule has 8 aromatic carbocycles. The number of furan rings is 1. The second-order valence-corrected chi connectivity index (χ2v) is 10.1. The summed E-state index contributed by atoms with van der Waals surface area (Å²) in [6, 6.07) is 9.86. The zero-order valence-electron chi connectivity index (χ0n) is 38.2. The molecule has 43 heavy (non-hydrogen) atoms. The third-order valence-electron chi connectivity index (χ3n) is 7.76. The fourth-order valence-electron chi connectivity index (χ4n) is 5.95. The summed E-state index contributed by atoms with van der Waals surface area (Å²) in [5, 5.41) is 1.77. The second-order valence-electron chi connectivity index (χ2n) is 10.1. The summed E-state index contributed by atoms with van der Waals surface area (Å²) in [5.74, 6) is 0. The third kappa shape index (κ3) is 3.72. The number of benzene rings is 8. The zero-order valence-corrected chi connectivity index (χ0v) is 22.2. The Morgan fingerprint density at radius 3 is 1.77 bits per heavy atom. The predicted molar refractivity (Wildman–Crippen MR) is 183 cm³/mol. The standard InChI is InChI=1S/C42H26O/c1-2-12-28-25-31(24-23-27(28)11-1)41-35-17-5-3-15-33(35)40(34-16-4-6-18-36(34)41)30-14-9-13-29(26-30)32-20-10-22-39-42(32)37-19-7-8-21-38(37)43-39/h1-26H/i1D,2D,3D,4D,5D,6D,7D,8D,10D,11D,12D,19D,20D,21D,22D,23D. The molecule has 0 unspecified atom stereocenters. The van der Waals surface area contributed by atoms with Gasteiger partial charge in [-0.3, -0.25) is 0 Å². The van der Waals surface area contributed by atoms with Gasteiger partial charge in [0.05, 0.1) is 21.9 Å². The molecule has 0 aliphatic carbocycles. The number of para-hydroxylation sites is 1. The van der Waals surface area contributed by atoms with Gasteiger partial charge < -0.3 is 4.42 Å². The van der Waals surface area contributed by atoms with Gasteiger partial charge in [-0.1, -0.05) is 133 Å². The maximum Gasteiger partial charge on any atom is 0.136 e. The van der Waals surface area contributed by atoms with E-state index in [1.54, 1.807) is 24.3 Å². The topological polar surface area (TPSA) is 13.1 Å². The second kappa shape index (κ2) is 9.44. The predicted octanol–water partition coefficient (Wildman–Crippen LogP) is 12.0. The van der Waals surface area contributed by atoms with Crippen molar-refractivity contribution in [2.24, 2.45) is 0 Å². The summed E-state index contributed by atoms with van der Waals surface area (Å²) in [4.78, 5) is 0. The van der Waals surface area contributed by atoms with Crippen molar-refractivity contribution in [3.63, 3.8) is 0 Å². The first-order valence-corrected chi connectivity index (χ1v) is 13.4. The van der Waals surface area contributed by atoms with Crippen LogP contribution in [0.15, 0.2) is 162 Å². The minimum atomic E-state index is -0.544. The third-order valence-corrected chi connectivity index (χ3v) is 7.76. The molecular weight excluding hydrogens is 520 g/mol. The largest absolute Gasteiger partial charge is 0.456 e. The summed E-state index contributed by atoms with van der Waals surface area (Å²) in [7, 11) is 0. The molecule has 0 fully saturated rings. The average Bonchev–Trinajstić information content (AvgIpc) is 3.60. The Kier molecular flexibility index (Phi) is 2.88. The van der Waals surface area contributed by atoms with Crippen LogP contribution in [0.4, 0.5) is 0 Å². The van der Waals surface area contributed by atoms with Crippen molar-refractivity contribution in [3.8, 4) is 33.4 Å². The van der Waals surface area contributed by atoms with E-state index in [0.717, 1.165) is 0 Å². The molecule has 0 saturated heterocycles. The average molecular weight is 563 g/mol. The van der Waals surface area contributed by atoms with E-state index in [2.05, 4.69) is 0 Å². The van der Waals surface area contributed by atoms with Gasteiger partial charge in [0, 0.05) is 10.8 Å². The quantitative estimate of drug-likeness (QED) is 0.195. The molecule has 0 saturated carbocycles.